The van der Waals surface area contributed by atoms with Gasteiger partial charge in [-0.25, -0.2) is 0 Å². The Morgan fingerprint density at radius 1 is 0.360 bits per heavy atom. The van der Waals surface area contributed by atoms with Crippen molar-refractivity contribution in [1.29, 1.82) is 0 Å². The Hall–Kier alpha value is -1.92. The number of nitrogens with one attached hydrogen (secondary N) is 1. The molecule has 0 aromatic carbocycles. The Kier molecular flexibility index (Phi) is 63.0. The van der Waals surface area contributed by atoms with Gasteiger partial charge in [0.05, 0.1) is 25.4 Å². The van der Waals surface area contributed by atoms with E-state index in [1.165, 1.54) is 295 Å². The molecule has 442 valence electrons. The molecule has 2 atom stereocenters. The van der Waals surface area contributed by atoms with Crippen LogP contribution in [-0.4, -0.2) is 47.4 Å². The fraction of sp³-hybridized carbons (Fsp3) is 0.884. The topological polar surface area (TPSA) is 95.9 Å². The molecule has 0 rings (SSSR count). The van der Waals surface area contributed by atoms with E-state index in [0.717, 1.165) is 44.9 Å². The fourth-order valence-electron chi connectivity index (χ4n) is 10.4. The second kappa shape index (κ2) is 64.6. The Morgan fingerprint density at radius 2 is 0.640 bits per heavy atom. The van der Waals surface area contributed by atoms with Crippen LogP contribution in [0.2, 0.25) is 0 Å². The smallest absolute Gasteiger partial charge is 0.305 e. The van der Waals surface area contributed by atoms with Crippen LogP contribution in [-0.2, 0) is 14.3 Å². The lowest BCUT2D eigenvalue weighted by atomic mass is 10.0. The van der Waals surface area contributed by atoms with E-state index in [4.69, 9.17) is 4.74 Å². The number of amides is 1. The molecule has 0 heterocycles. The maximum atomic E-state index is 12.5. The molecule has 0 aromatic rings. The summed E-state index contributed by atoms with van der Waals surface area (Å²) in [6, 6.07) is -0.633. The normalized spacial score (nSPS) is 12.7. The molecule has 0 bridgehead atoms. The second-order valence-electron chi connectivity index (χ2n) is 23.1. The quantitative estimate of drug-likeness (QED) is 0.0320. The van der Waals surface area contributed by atoms with Gasteiger partial charge in [0, 0.05) is 12.8 Å². The highest BCUT2D eigenvalue weighted by molar-refractivity contribution is 5.76. The summed E-state index contributed by atoms with van der Waals surface area (Å²) in [4.78, 5) is 24.5. The van der Waals surface area contributed by atoms with Crippen molar-refractivity contribution in [2.24, 2.45) is 0 Å². The predicted molar refractivity (Wildman–Crippen MR) is 329 cm³/mol. The molecule has 75 heavy (non-hydrogen) atoms. The lowest BCUT2D eigenvalue weighted by molar-refractivity contribution is -0.143. The standard InChI is InChI=1S/C69H131NO5/c1-3-5-7-9-11-13-15-16-17-18-19-20-23-26-29-32-35-38-42-45-49-53-57-61-67(72)66(65-71)70-68(73)62-58-54-50-46-43-39-36-33-30-27-24-21-22-25-28-31-34-37-40-44-48-52-56-60-64-75-69(74)63-59-55-51-47-41-14-12-10-8-6-4-2/h10,12,24,27,57,61,66-67,71-72H,3-9,11,13-23,25-26,28-56,58-60,62-65H2,1-2H3,(H,70,73)/b12-10-,27-24-,61-57+. The highest BCUT2D eigenvalue weighted by Gasteiger charge is 2.18. The number of carbonyl (C=O) groups excluding carboxylic acids is 2. The maximum absolute atomic E-state index is 12.5. The third-order valence-electron chi connectivity index (χ3n) is 15.6. The lowest BCUT2D eigenvalue weighted by Gasteiger charge is -2.20. The van der Waals surface area contributed by atoms with Gasteiger partial charge in [-0.05, 0) is 77.0 Å². The molecule has 3 N–H and O–H groups in total. The zero-order valence-corrected chi connectivity index (χ0v) is 50.5. The number of hydrogen-bond donors (Lipinski definition) is 3. The summed E-state index contributed by atoms with van der Waals surface area (Å²) in [7, 11) is 0. The zero-order chi connectivity index (χ0) is 54.3. The van der Waals surface area contributed by atoms with Crippen molar-refractivity contribution < 1.29 is 24.5 Å². The van der Waals surface area contributed by atoms with Gasteiger partial charge >= 0.3 is 5.97 Å². The van der Waals surface area contributed by atoms with Gasteiger partial charge in [-0.1, -0.05) is 314 Å². The number of rotatable bonds is 63. The molecular weight excluding hydrogens is 923 g/mol. The molecule has 0 fully saturated rings. The minimum absolute atomic E-state index is 0.00119. The van der Waals surface area contributed by atoms with Gasteiger partial charge in [0.2, 0.25) is 5.91 Å². The van der Waals surface area contributed by atoms with Crippen molar-refractivity contribution in [2.75, 3.05) is 13.2 Å². The summed E-state index contributed by atoms with van der Waals surface area (Å²) in [5.41, 5.74) is 0. The number of unbranched alkanes of at least 4 members (excludes halogenated alkanes) is 48. The average Bonchev–Trinajstić information content (AvgIpc) is 3.41. The van der Waals surface area contributed by atoms with E-state index in [-0.39, 0.29) is 18.5 Å². The molecule has 0 saturated heterocycles. The SMILES string of the molecule is CCCC/C=C\CCCCCCCC(=O)OCCCCCCCCCCCCCC/C=C\CCCCCCCCCCC(=O)NC(CO)C(O)/C=C/CCCCCCCCCCCCCCCCCCCCCCC. The molecule has 0 aromatic heterocycles. The van der Waals surface area contributed by atoms with Crippen molar-refractivity contribution in [2.45, 2.75) is 379 Å². The van der Waals surface area contributed by atoms with Gasteiger partial charge in [-0.3, -0.25) is 9.59 Å². The van der Waals surface area contributed by atoms with Gasteiger partial charge in [0.15, 0.2) is 0 Å². The van der Waals surface area contributed by atoms with Crippen LogP contribution in [0.3, 0.4) is 0 Å². The first-order chi connectivity index (χ1) is 37.0. The Morgan fingerprint density at radius 3 is 0.987 bits per heavy atom. The van der Waals surface area contributed by atoms with Crippen LogP contribution >= 0.6 is 0 Å². The second-order valence-corrected chi connectivity index (χ2v) is 23.1. The predicted octanol–water partition coefficient (Wildman–Crippen LogP) is 21.5. The van der Waals surface area contributed by atoms with E-state index in [9.17, 15) is 19.8 Å². The van der Waals surface area contributed by atoms with Gasteiger partial charge in [0.1, 0.15) is 0 Å². The molecular formula is C69H131NO5. The van der Waals surface area contributed by atoms with Crippen LogP contribution in [0, 0.1) is 0 Å². The molecule has 0 aliphatic heterocycles. The highest BCUT2D eigenvalue weighted by Crippen LogP contribution is 2.18. The summed E-state index contributed by atoms with van der Waals surface area (Å²) in [6.07, 6.45) is 82.1. The van der Waals surface area contributed by atoms with Gasteiger partial charge in [-0.2, -0.15) is 0 Å². The minimum Gasteiger partial charge on any atom is -0.466 e. The first-order valence-corrected chi connectivity index (χ1v) is 33.8. The summed E-state index contributed by atoms with van der Waals surface area (Å²) < 4.78 is 5.46. The average molecular weight is 1050 g/mol. The van der Waals surface area contributed by atoms with E-state index in [1.54, 1.807) is 6.08 Å². The lowest BCUT2D eigenvalue weighted by Crippen LogP contribution is -2.45. The van der Waals surface area contributed by atoms with Crippen LogP contribution < -0.4 is 5.32 Å². The Balaban J connectivity index is 3.44. The van der Waals surface area contributed by atoms with Gasteiger partial charge in [0.25, 0.3) is 0 Å². The summed E-state index contributed by atoms with van der Waals surface area (Å²) in [5.74, 6) is -0.0680. The number of allylic oxidation sites excluding steroid dienone is 5. The van der Waals surface area contributed by atoms with E-state index >= 15 is 0 Å². The van der Waals surface area contributed by atoms with Crippen LogP contribution in [0.1, 0.15) is 367 Å². The number of aliphatic hydroxyl groups is 2. The molecule has 0 radical (unpaired) electrons. The van der Waals surface area contributed by atoms with Crippen LogP contribution in [0.5, 0.6) is 0 Å². The summed E-state index contributed by atoms with van der Waals surface area (Å²) in [6.45, 7) is 4.89. The highest BCUT2D eigenvalue weighted by atomic mass is 16.5. The monoisotopic (exact) mass is 1050 g/mol. The van der Waals surface area contributed by atoms with Crippen molar-refractivity contribution in [3.8, 4) is 0 Å². The first-order valence-electron chi connectivity index (χ1n) is 33.8. The molecule has 0 aliphatic carbocycles. The molecule has 2 unspecified atom stereocenters. The fourth-order valence-corrected chi connectivity index (χ4v) is 10.4. The van der Waals surface area contributed by atoms with E-state index in [0.29, 0.717) is 19.4 Å². The Labute approximate surface area is 468 Å². The zero-order valence-electron chi connectivity index (χ0n) is 50.5. The van der Waals surface area contributed by atoms with Crippen molar-refractivity contribution in [3.05, 3.63) is 36.5 Å². The molecule has 0 aliphatic rings. The van der Waals surface area contributed by atoms with Gasteiger partial charge in [-0.15, -0.1) is 0 Å². The van der Waals surface area contributed by atoms with Crippen molar-refractivity contribution in [1.82, 2.24) is 5.32 Å². The van der Waals surface area contributed by atoms with E-state index in [1.807, 2.05) is 6.08 Å². The summed E-state index contributed by atoms with van der Waals surface area (Å²) >= 11 is 0. The maximum Gasteiger partial charge on any atom is 0.305 e. The van der Waals surface area contributed by atoms with Crippen molar-refractivity contribution >= 4 is 11.9 Å². The minimum atomic E-state index is -0.849. The third-order valence-corrected chi connectivity index (χ3v) is 15.6. The molecule has 0 spiro atoms. The van der Waals surface area contributed by atoms with Crippen molar-refractivity contribution in [3.63, 3.8) is 0 Å². The van der Waals surface area contributed by atoms with E-state index < -0.39 is 12.1 Å². The molecule has 6 nitrogen and oxygen atoms in total. The number of esters is 1. The Bertz CT molecular complexity index is 1210. The van der Waals surface area contributed by atoms with Crippen LogP contribution in [0.15, 0.2) is 36.5 Å². The molecule has 1 amide bonds. The van der Waals surface area contributed by atoms with Gasteiger partial charge < -0.3 is 20.3 Å². The summed E-state index contributed by atoms with van der Waals surface area (Å²) in [5, 5.41) is 23.2. The van der Waals surface area contributed by atoms with Crippen LogP contribution in [0.4, 0.5) is 0 Å². The molecule has 0 saturated carbocycles. The molecule has 6 heteroatoms. The first kappa shape index (κ1) is 73.1. The van der Waals surface area contributed by atoms with E-state index in [2.05, 4.69) is 43.5 Å². The number of ether oxygens (including phenoxy) is 1. The number of aliphatic hydroxyl groups excluding tert-OH is 2. The van der Waals surface area contributed by atoms with Crippen LogP contribution in [0.25, 0.3) is 0 Å². The third kappa shape index (κ3) is 61.2. The largest absolute Gasteiger partial charge is 0.466 e. The number of hydrogen-bond acceptors (Lipinski definition) is 5. The number of carbonyl (C=O) groups is 2.